The van der Waals surface area contributed by atoms with Gasteiger partial charge in [0.1, 0.15) is 66.5 Å². The van der Waals surface area contributed by atoms with Crippen LogP contribution in [-0.2, 0) is 91.2 Å². The first-order chi connectivity index (χ1) is 49.2. The lowest BCUT2D eigenvalue weighted by Crippen LogP contribution is -2.62. The largest absolute Gasteiger partial charge is 0.481 e. The molecular weight excluding hydrogens is 1400 g/mol. The number of para-hydroxylation sites is 1. The van der Waals surface area contributed by atoms with E-state index in [1.165, 1.54) is 45.8 Å². The SMILES string of the molecule is CC[C@H](C)[C@H](NC(C)=O)C(=O)N[C@H]1CSSC[C@@H](C(N)=O)NC(=O)[C@H](CCCN=C(N)N)NC(=O)[C@H](Cc2cnc[nH]2)NC(=O)[C@H](Cc2cnc[nH]2)NC(=O)CNC(=O)[C@@H](Cc2c[nH]c3ccccc23)NC(=O)[C@H](CC(=O)O)NC(=O)[C@H](CCC(N)=O)NC(=O)[C@H](C(C)C)NC(=O)[C@H](C(C)C)NC1=O. The second-order valence-electron chi connectivity index (χ2n) is 25.4. The maximum absolute atomic E-state index is 14.7. The van der Waals surface area contributed by atoms with Crippen LogP contribution >= 0.6 is 21.6 Å². The van der Waals surface area contributed by atoms with Crippen LogP contribution in [0.3, 0.4) is 0 Å². The third-order valence-corrected chi connectivity index (χ3v) is 18.9. The van der Waals surface area contributed by atoms with Gasteiger partial charge in [0.2, 0.25) is 82.7 Å². The number of carboxylic acids is 1. The number of nitrogens with zero attached hydrogens (tertiary/aromatic N) is 3. The van der Waals surface area contributed by atoms with Crippen molar-refractivity contribution >= 4 is 127 Å². The molecule has 4 heterocycles. The molecule has 5 rings (SSSR count). The predicted octanol–water partition coefficient (Wildman–Crippen LogP) is -4.86. The van der Waals surface area contributed by atoms with Gasteiger partial charge in [-0.15, -0.1) is 0 Å². The lowest BCUT2D eigenvalue weighted by molar-refractivity contribution is -0.141. The number of hydrogen-bond donors (Lipinski definition) is 20. The van der Waals surface area contributed by atoms with Crippen LogP contribution in [0.25, 0.3) is 10.9 Å². The number of nitrogens with two attached hydrogens (primary N) is 4. The average molecular weight is 1490 g/mol. The minimum atomic E-state index is -2.03. The number of carbonyl (C=O) groups is 15. The highest BCUT2D eigenvalue weighted by Gasteiger charge is 2.39. The van der Waals surface area contributed by atoms with Gasteiger partial charge >= 0.3 is 5.97 Å². The molecule has 1 fully saturated rings. The second kappa shape index (κ2) is 41.3. The topological polar surface area (TPSA) is 610 Å². The summed E-state index contributed by atoms with van der Waals surface area (Å²) in [5.74, 6) is -18.3. The van der Waals surface area contributed by atoms with E-state index in [4.69, 9.17) is 22.9 Å². The van der Waals surface area contributed by atoms with Gasteiger partial charge in [-0.1, -0.05) is 87.8 Å². The van der Waals surface area contributed by atoms with Crippen molar-refractivity contribution in [2.24, 2.45) is 45.7 Å². The van der Waals surface area contributed by atoms with Crippen LogP contribution in [0.1, 0.15) is 104 Å². The summed E-state index contributed by atoms with van der Waals surface area (Å²) >= 11 is 0. The molecule has 4 aromatic rings. The van der Waals surface area contributed by atoms with Crippen molar-refractivity contribution in [3.8, 4) is 0 Å². The first kappa shape index (κ1) is 83.9. The van der Waals surface area contributed by atoms with E-state index in [0.29, 0.717) is 34.3 Å². The highest BCUT2D eigenvalue weighted by Crippen LogP contribution is 2.25. The molecule has 0 radical (unpaired) electrons. The number of H-pyrrole nitrogens is 3. The Hall–Kier alpha value is -10.8. The van der Waals surface area contributed by atoms with Crippen LogP contribution in [0.5, 0.6) is 0 Å². The summed E-state index contributed by atoms with van der Waals surface area (Å²) in [4.78, 5) is 230. The Labute approximate surface area is 605 Å². The van der Waals surface area contributed by atoms with Gasteiger partial charge in [0.25, 0.3) is 0 Å². The molecule has 1 aliphatic rings. The van der Waals surface area contributed by atoms with Crippen molar-refractivity contribution in [1.82, 2.24) is 88.7 Å². The number of imidazole rings is 2. The van der Waals surface area contributed by atoms with Crippen molar-refractivity contribution in [2.45, 2.75) is 173 Å². The third-order valence-electron chi connectivity index (χ3n) is 16.5. The molecule has 24 N–H and O–H groups in total. The first-order valence-electron chi connectivity index (χ1n) is 33.4. The van der Waals surface area contributed by atoms with E-state index in [-0.39, 0.29) is 56.1 Å². The maximum Gasteiger partial charge on any atom is 0.305 e. The molecule has 0 aliphatic carbocycles. The van der Waals surface area contributed by atoms with Crippen molar-refractivity contribution in [3.05, 3.63) is 72.5 Å². The van der Waals surface area contributed by atoms with Crippen LogP contribution < -0.4 is 86.7 Å². The molecule has 0 bridgehead atoms. The molecule has 12 atom stereocenters. The Bertz CT molecular complexity index is 3700. The Morgan fingerprint density at radius 1 is 0.615 bits per heavy atom. The van der Waals surface area contributed by atoms with Gasteiger partial charge in [0.05, 0.1) is 25.6 Å². The second-order valence-corrected chi connectivity index (χ2v) is 28.0. The molecule has 568 valence electrons. The molecule has 40 heteroatoms. The van der Waals surface area contributed by atoms with Crippen molar-refractivity contribution in [1.29, 1.82) is 0 Å². The first-order valence-corrected chi connectivity index (χ1v) is 35.9. The standard InChI is InChI=1S/C64H94N22O16S2/c1-8-32(6)52(76-33(7)87)63(102)84-46-27-104-103-26-45(53(66)92)83-55(94)39(14-11-17-71-64(67)68)78-58(97)43(20-36-24-70-29-75-36)81-57(96)42(19-35-23-69-28-74-35)77-48(89)25-73-54(93)41(18-34-22-72-38-13-10-9-12-37(34)38)80-59(98)44(21-49(90)91)82-56(95)40(15-16-47(65)88)79-61(100)50(30(2)3)86-62(101)51(31(4)5)85-60(46)99/h9-10,12-13,22-24,28-32,39-46,50-52,72H,8,11,14-21,25-27H2,1-7H3,(H2,65,88)(H2,66,92)(H,69,74)(H,70,75)(H,73,93)(H,76,87)(H,77,89)(H,78,97)(H,79,100)(H,80,98)(H,81,96)(H,82,95)(H,83,94)(H,84,102)(H,85,99)(H,86,101)(H,90,91)(H4,67,68,71)/t32-,39-,40-,41+,42-,43-,44-,45-,46-,50-,51-,52-/m0/s1. The summed E-state index contributed by atoms with van der Waals surface area (Å²) in [6.07, 6.45) is 3.93. The fourth-order valence-electron chi connectivity index (χ4n) is 10.6. The molecule has 1 aromatic carbocycles. The van der Waals surface area contributed by atoms with E-state index in [2.05, 4.69) is 93.7 Å². The molecule has 0 saturated carbocycles. The van der Waals surface area contributed by atoms with Crippen LogP contribution in [0.2, 0.25) is 0 Å². The number of nitrogens with one attached hydrogen (secondary N) is 15. The number of rotatable bonds is 23. The number of amides is 14. The maximum atomic E-state index is 14.7. The predicted molar refractivity (Wildman–Crippen MR) is 380 cm³/mol. The summed E-state index contributed by atoms with van der Waals surface area (Å²) in [7, 11) is 1.82. The third kappa shape index (κ3) is 27.2. The molecule has 14 amide bonds. The van der Waals surface area contributed by atoms with Crippen LogP contribution in [0.15, 0.2) is 60.5 Å². The van der Waals surface area contributed by atoms with E-state index in [9.17, 15) is 77.0 Å². The Balaban J connectivity index is 1.62. The Kier molecular flexibility index (Phi) is 33.3. The number of primary amides is 2. The van der Waals surface area contributed by atoms with Gasteiger partial charge in [-0.2, -0.15) is 0 Å². The quantitative estimate of drug-likeness (QED) is 0.0143. The number of fused-ring (bicyclic) bond motifs is 1. The summed E-state index contributed by atoms with van der Waals surface area (Å²) in [6.45, 7) is 9.88. The van der Waals surface area contributed by atoms with Gasteiger partial charge < -0.3 is 107 Å². The molecule has 1 saturated heterocycles. The van der Waals surface area contributed by atoms with E-state index < -0.39 is 199 Å². The van der Waals surface area contributed by atoms with Crippen molar-refractivity contribution in [2.75, 3.05) is 24.6 Å². The summed E-state index contributed by atoms with van der Waals surface area (Å²) < 4.78 is 0. The normalized spacial score (nSPS) is 23.0. The van der Waals surface area contributed by atoms with Crippen LogP contribution in [0.4, 0.5) is 0 Å². The van der Waals surface area contributed by atoms with E-state index in [1.54, 1.807) is 58.2 Å². The lowest BCUT2D eigenvalue weighted by Gasteiger charge is -2.30. The number of hydrogen-bond acceptors (Lipinski definition) is 20. The van der Waals surface area contributed by atoms with E-state index in [0.717, 1.165) is 21.6 Å². The zero-order valence-corrected chi connectivity index (χ0v) is 60.1. The number of guanidine groups is 1. The Morgan fingerprint density at radius 2 is 1.13 bits per heavy atom. The number of carboxylic acid groups (broad SMARTS) is 1. The molecule has 0 spiro atoms. The number of benzene rings is 1. The smallest absolute Gasteiger partial charge is 0.305 e. The molecule has 1 aliphatic heterocycles. The minimum Gasteiger partial charge on any atom is -0.481 e. The monoisotopic (exact) mass is 1490 g/mol. The lowest BCUT2D eigenvalue weighted by atomic mass is 9.97. The number of aliphatic carboxylic acids is 1. The molecule has 0 unspecified atom stereocenters. The average Bonchev–Trinajstić information content (AvgIpc) is 1.64. The number of aromatic nitrogens is 5. The number of aliphatic imine (C=N–C) groups is 1. The fourth-order valence-corrected chi connectivity index (χ4v) is 13.0. The van der Waals surface area contributed by atoms with Gasteiger partial charge in [-0.25, -0.2) is 9.97 Å². The number of aromatic amines is 3. The minimum absolute atomic E-state index is 0.0443. The van der Waals surface area contributed by atoms with Gasteiger partial charge in [0.15, 0.2) is 5.96 Å². The number of carbonyl (C=O) groups excluding carboxylic acids is 14. The van der Waals surface area contributed by atoms with E-state index in [1.807, 2.05) is 0 Å². The molecular formula is C64H94N22O16S2. The van der Waals surface area contributed by atoms with Crippen LogP contribution in [-0.4, -0.2) is 216 Å². The highest BCUT2D eigenvalue weighted by atomic mass is 33.1. The van der Waals surface area contributed by atoms with Gasteiger partial charge in [0, 0.05) is 91.5 Å². The molecule has 104 heavy (non-hydrogen) atoms. The van der Waals surface area contributed by atoms with Gasteiger partial charge in [-0.05, 0) is 48.6 Å². The molecule has 3 aromatic heterocycles. The van der Waals surface area contributed by atoms with Crippen molar-refractivity contribution < 1.29 is 77.0 Å². The summed E-state index contributed by atoms with van der Waals surface area (Å²) in [5.41, 5.74) is 24.2. The van der Waals surface area contributed by atoms with Crippen molar-refractivity contribution in [3.63, 3.8) is 0 Å². The summed E-state index contributed by atoms with van der Waals surface area (Å²) in [6, 6.07) is -10.4. The van der Waals surface area contributed by atoms with Gasteiger partial charge in [-0.3, -0.25) is 76.9 Å². The van der Waals surface area contributed by atoms with Crippen LogP contribution in [0, 0.1) is 17.8 Å². The van der Waals surface area contributed by atoms with E-state index >= 15 is 0 Å². The Morgan fingerprint density at radius 3 is 1.69 bits per heavy atom. The highest BCUT2D eigenvalue weighted by molar-refractivity contribution is 8.76. The summed E-state index contributed by atoms with van der Waals surface area (Å²) in [5, 5.41) is 41.2. The zero-order valence-electron chi connectivity index (χ0n) is 58.5. The fraction of sp³-hybridized carbons (Fsp3) is 0.531. The zero-order chi connectivity index (χ0) is 76.9. The molecule has 38 nitrogen and oxygen atoms in total.